The molecule has 0 atom stereocenters. The molecule has 198 valence electrons. The van der Waals surface area contributed by atoms with Gasteiger partial charge in [-0.25, -0.2) is 4.79 Å². The van der Waals surface area contributed by atoms with Gasteiger partial charge in [-0.05, 0) is 68.4 Å². The number of nitrogens with one attached hydrogen (secondary N) is 1. The number of hydrogen-bond acceptors (Lipinski definition) is 5. The molecule has 0 radical (unpaired) electrons. The van der Waals surface area contributed by atoms with Crippen molar-refractivity contribution in [3.8, 4) is 11.5 Å². The van der Waals surface area contributed by atoms with Gasteiger partial charge in [0.05, 0.1) is 44.6 Å². The standard InChI is InChI=1S/C29H37N3O5/c1-18-6-8-23(37-17-28(3)15-36-16-28)25-22(18)14-32(27(34)31-25)21-9-11-29(12-10-21,26(30)33)20-7-5-19(2)24(13-20)35-4/h5-8,13,21H,9-12,14-17H2,1-4H3,(H2,30,33)(H,31,34). The van der Waals surface area contributed by atoms with Crippen LogP contribution in [0.2, 0.25) is 0 Å². The summed E-state index contributed by atoms with van der Waals surface area (Å²) in [5.74, 6) is 1.12. The Kier molecular flexibility index (Phi) is 6.56. The maximum atomic E-state index is 13.3. The third-order valence-electron chi connectivity index (χ3n) is 8.49. The smallest absolute Gasteiger partial charge is 0.322 e. The molecule has 0 unspecified atom stereocenters. The van der Waals surface area contributed by atoms with Gasteiger partial charge in [0.25, 0.3) is 0 Å². The number of nitrogens with two attached hydrogens (primary N) is 1. The fourth-order valence-corrected chi connectivity index (χ4v) is 5.90. The lowest BCUT2D eigenvalue weighted by Gasteiger charge is -2.44. The molecule has 1 saturated carbocycles. The van der Waals surface area contributed by atoms with Crippen LogP contribution in [-0.4, -0.2) is 49.8 Å². The number of ether oxygens (including phenoxy) is 3. The van der Waals surface area contributed by atoms with Gasteiger partial charge in [-0.2, -0.15) is 0 Å². The average molecular weight is 508 g/mol. The third kappa shape index (κ3) is 4.52. The van der Waals surface area contributed by atoms with E-state index in [1.807, 2.05) is 42.2 Å². The van der Waals surface area contributed by atoms with E-state index < -0.39 is 5.41 Å². The van der Waals surface area contributed by atoms with E-state index in [2.05, 4.69) is 19.2 Å². The quantitative estimate of drug-likeness (QED) is 0.577. The Morgan fingerprint density at radius 1 is 1.14 bits per heavy atom. The maximum Gasteiger partial charge on any atom is 0.322 e. The molecule has 3 aliphatic rings. The van der Waals surface area contributed by atoms with Gasteiger partial charge in [0, 0.05) is 17.0 Å². The van der Waals surface area contributed by atoms with Crippen molar-refractivity contribution in [3.05, 3.63) is 52.6 Å². The maximum absolute atomic E-state index is 13.3. The van der Waals surface area contributed by atoms with Crippen LogP contribution in [0, 0.1) is 19.3 Å². The first-order chi connectivity index (χ1) is 17.7. The van der Waals surface area contributed by atoms with E-state index in [4.69, 9.17) is 19.9 Å². The number of carbonyl (C=O) groups is 2. The van der Waals surface area contributed by atoms with E-state index in [9.17, 15) is 9.59 Å². The summed E-state index contributed by atoms with van der Waals surface area (Å²) >= 11 is 0. The van der Waals surface area contributed by atoms with Crippen LogP contribution in [0.4, 0.5) is 10.5 Å². The first kappa shape index (κ1) is 25.4. The van der Waals surface area contributed by atoms with Gasteiger partial charge >= 0.3 is 6.03 Å². The zero-order valence-corrected chi connectivity index (χ0v) is 22.2. The molecule has 2 aliphatic heterocycles. The number of methoxy groups -OCH3 is 1. The Labute approximate surface area is 218 Å². The summed E-state index contributed by atoms with van der Waals surface area (Å²) in [6.45, 7) is 8.60. The fourth-order valence-electron chi connectivity index (χ4n) is 5.90. The number of primary amides is 1. The number of aryl methyl sites for hydroxylation is 2. The van der Waals surface area contributed by atoms with Crippen molar-refractivity contribution in [3.63, 3.8) is 0 Å². The molecule has 8 nitrogen and oxygen atoms in total. The molecule has 2 aromatic rings. The minimum absolute atomic E-state index is 0.0129. The summed E-state index contributed by atoms with van der Waals surface area (Å²) < 4.78 is 17.0. The highest BCUT2D eigenvalue weighted by Gasteiger charge is 2.45. The topological polar surface area (TPSA) is 103 Å². The second-order valence-corrected chi connectivity index (χ2v) is 11.2. The predicted octanol–water partition coefficient (Wildman–Crippen LogP) is 4.44. The number of carbonyl (C=O) groups excluding carboxylic acids is 2. The van der Waals surface area contributed by atoms with Gasteiger partial charge in [0.2, 0.25) is 5.91 Å². The molecular formula is C29H37N3O5. The second kappa shape index (κ2) is 9.56. The van der Waals surface area contributed by atoms with Crippen molar-refractivity contribution in [2.45, 2.75) is 64.5 Å². The van der Waals surface area contributed by atoms with Crippen molar-refractivity contribution in [2.75, 3.05) is 32.2 Å². The number of anilines is 1. The molecule has 37 heavy (non-hydrogen) atoms. The molecule has 3 amide bonds. The molecule has 0 spiro atoms. The number of benzene rings is 2. The van der Waals surface area contributed by atoms with Crippen LogP contribution in [0.1, 0.15) is 54.9 Å². The summed E-state index contributed by atoms with van der Waals surface area (Å²) in [6.07, 6.45) is 2.54. The molecule has 8 heteroatoms. The first-order valence-corrected chi connectivity index (χ1v) is 13.0. The molecule has 0 bridgehead atoms. The van der Waals surface area contributed by atoms with Gasteiger partial charge in [-0.15, -0.1) is 0 Å². The molecule has 1 saturated heterocycles. The van der Waals surface area contributed by atoms with E-state index in [1.54, 1.807) is 7.11 Å². The number of nitrogens with zero attached hydrogens (tertiary/aromatic N) is 1. The van der Waals surface area contributed by atoms with Crippen molar-refractivity contribution >= 4 is 17.6 Å². The number of rotatable bonds is 7. The lowest BCUT2D eigenvalue weighted by atomic mass is 9.67. The van der Waals surface area contributed by atoms with Crippen molar-refractivity contribution < 1.29 is 23.8 Å². The van der Waals surface area contributed by atoms with Crippen LogP contribution in [0.3, 0.4) is 0 Å². The number of amides is 3. The van der Waals surface area contributed by atoms with Crippen molar-refractivity contribution in [1.82, 2.24) is 4.90 Å². The summed E-state index contributed by atoms with van der Waals surface area (Å²) in [5.41, 5.74) is 10.1. The van der Waals surface area contributed by atoms with E-state index in [-0.39, 0.29) is 23.4 Å². The molecule has 5 rings (SSSR count). The van der Waals surface area contributed by atoms with E-state index >= 15 is 0 Å². The van der Waals surface area contributed by atoms with Crippen LogP contribution < -0.4 is 20.5 Å². The Morgan fingerprint density at radius 2 is 1.84 bits per heavy atom. The molecule has 0 aromatic heterocycles. The monoisotopic (exact) mass is 507 g/mol. The van der Waals surface area contributed by atoms with Crippen LogP contribution >= 0.6 is 0 Å². The third-order valence-corrected chi connectivity index (χ3v) is 8.49. The molecule has 3 N–H and O–H groups in total. The molecule has 2 heterocycles. The highest BCUT2D eigenvalue weighted by Crippen LogP contribution is 2.44. The van der Waals surface area contributed by atoms with Gasteiger partial charge in [-0.1, -0.05) is 25.1 Å². The summed E-state index contributed by atoms with van der Waals surface area (Å²) in [5, 5.41) is 3.11. The Bertz CT molecular complexity index is 1210. The molecular weight excluding hydrogens is 470 g/mol. The lowest BCUT2D eigenvalue weighted by Crippen LogP contribution is -2.51. The highest BCUT2D eigenvalue weighted by molar-refractivity contribution is 5.95. The minimum Gasteiger partial charge on any atom is -0.496 e. The SMILES string of the molecule is COc1cc(C2(C(N)=O)CCC(N3Cc4c(C)ccc(OCC5(C)COC5)c4NC3=O)CC2)ccc1C. The second-order valence-electron chi connectivity index (χ2n) is 11.2. The minimum atomic E-state index is -0.764. The zero-order chi connectivity index (χ0) is 26.4. The van der Waals surface area contributed by atoms with Crippen LogP contribution in [0.5, 0.6) is 11.5 Å². The summed E-state index contributed by atoms with van der Waals surface area (Å²) in [7, 11) is 1.63. The van der Waals surface area contributed by atoms with Crippen LogP contribution in [-0.2, 0) is 21.5 Å². The zero-order valence-electron chi connectivity index (χ0n) is 22.2. The van der Waals surface area contributed by atoms with E-state index in [0.717, 1.165) is 33.7 Å². The summed E-state index contributed by atoms with van der Waals surface area (Å²) in [4.78, 5) is 28.0. The predicted molar refractivity (Wildman–Crippen MR) is 141 cm³/mol. The molecule has 1 aliphatic carbocycles. The largest absolute Gasteiger partial charge is 0.496 e. The van der Waals surface area contributed by atoms with Crippen molar-refractivity contribution in [2.24, 2.45) is 11.1 Å². The number of hydrogen-bond donors (Lipinski definition) is 2. The number of fused-ring (bicyclic) bond motifs is 1. The number of urea groups is 1. The van der Waals surface area contributed by atoms with Gasteiger partial charge in [-0.3, -0.25) is 4.79 Å². The Balaban J connectivity index is 1.33. The molecule has 2 fully saturated rings. The first-order valence-electron chi connectivity index (χ1n) is 13.0. The normalized spacial score (nSPS) is 24.5. The highest BCUT2D eigenvalue weighted by atomic mass is 16.5. The fraction of sp³-hybridized carbons (Fsp3) is 0.517. The average Bonchev–Trinajstić information content (AvgIpc) is 2.87. The van der Waals surface area contributed by atoms with Crippen LogP contribution in [0.25, 0.3) is 0 Å². The van der Waals surface area contributed by atoms with Gasteiger partial charge in [0.1, 0.15) is 11.5 Å². The Hall–Kier alpha value is -3.26. The van der Waals surface area contributed by atoms with Crippen molar-refractivity contribution in [1.29, 1.82) is 0 Å². The van der Waals surface area contributed by atoms with Gasteiger partial charge in [0.15, 0.2) is 0 Å². The van der Waals surface area contributed by atoms with Crippen LogP contribution in [0.15, 0.2) is 30.3 Å². The molecule has 2 aromatic carbocycles. The van der Waals surface area contributed by atoms with E-state index in [0.29, 0.717) is 57.8 Å². The summed E-state index contributed by atoms with van der Waals surface area (Å²) in [6, 6.07) is 9.76. The van der Waals surface area contributed by atoms with E-state index in [1.165, 1.54) is 0 Å². The lowest BCUT2D eigenvalue weighted by molar-refractivity contribution is -0.125. The van der Waals surface area contributed by atoms with Gasteiger partial charge < -0.3 is 30.2 Å². The Morgan fingerprint density at radius 3 is 2.46 bits per heavy atom.